The Balaban J connectivity index is 1.97. The number of aromatic nitrogens is 4. The third kappa shape index (κ3) is 2.59. The zero-order chi connectivity index (χ0) is 18.4. The van der Waals surface area contributed by atoms with Crippen molar-refractivity contribution >= 4 is 44.8 Å². The van der Waals surface area contributed by atoms with E-state index in [0.717, 1.165) is 31.9 Å². The van der Waals surface area contributed by atoms with E-state index in [2.05, 4.69) is 15.0 Å². The average molecular weight is 388 g/mol. The molecule has 3 aromatic heterocycles. The average Bonchev–Trinajstić information content (AvgIpc) is 3.11. The van der Waals surface area contributed by atoms with Crippen LogP contribution in [-0.4, -0.2) is 19.9 Å². The van der Waals surface area contributed by atoms with Crippen molar-refractivity contribution in [1.29, 1.82) is 0 Å². The lowest BCUT2D eigenvalue weighted by atomic mass is 9.98. The summed E-state index contributed by atoms with van der Waals surface area (Å²) in [6, 6.07) is 17.7. The first-order valence-corrected chi connectivity index (χ1v) is 9.50. The summed E-state index contributed by atoms with van der Waals surface area (Å²) in [6.45, 7) is 0. The van der Waals surface area contributed by atoms with Gasteiger partial charge in [0.15, 0.2) is 0 Å². The van der Waals surface area contributed by atoms with Crippen molar-refractivity contribution in [3.63, 3.8) is 0 Å². The van der Waals surface area contributed by atoms with Crippen molar-refractivity contribution < 1.29 is 0 Å². The van der Waals surface area contributed by atoms with Crippen LogP contribution in [0.4, 0.5) is 0 Å². The molecule has 0 saturated carbocycles. The fraction of sp³-hybridized carbons (Fsp3) is 0. The van der Waals surface area contributed by atoms with Crippen LogP contribution in [0.5, 0.6) is 0 Å². The number of hydrogen-bond acceptors (Lipinski definition) is 5. The summed E-state index contributed by atoms with van der Waals surface area (Å²) in [5, 5.41) is 1.26. The molecule has 0 saturated heterocycles. The monoisotopic (exact) mass is 388 g/mol. The van der Waals surface area contributed by atoms with Gasteiger partial charge in [-0.1, -0.05) is 54.7 Å². The molecule has 5 aromatic rings. The maximum atomic E-state index is 12.7. The third-order valence-electron chi connectivity index (χ3n) is 4.38. The number of fused-ring (bicyclic) bond motifs is 2. The Kier molecular flexibility index (Phi) is 3.70. The lowest BCUT2D eigenvalue weighted by Gasteiger charge is -2.11. The van der Waals surface area contributed by atoms with Crippen molar-refractivity contribution in [2.24, 2.45) is 0 Å². The number of H-pyrrole nitrogens is 2. The third-order valence-corrected chi connectivity index (χ3v) is 5.74. The maximum absolute atomic E-state index is 12.7. The van der Waals surface area contributed by atoms with Gasteiger partial charge < -0.3 is 9.97 Å². The van der Waals surface area contributed by atoms with Crippen LogP contribution < -0.4 is 5.56 Å². The van der Waals surface area contributed by atoms with Gasteiger partial charge in [0.1, 0.15) is 15.3 Å². The fourth-order valence-corrected chi connectivity index (χ4v) is 4.60. The van der Waals surface area contributed by atoms with E-state index in [1.165, 1.54) is 6.33 Å². The van der Waals surface area contributed by atoms with Crippen LogP contribution in [0.3, 0.4) is 0 Å². The number of benzene rings is 2. The molecule has 0 spiro atoms. The second kappa shape index (κ2) is 6.22. The van der Waals surface area contributed by atoms with Crippen molar-refractivity contribution in [2.75, 3.05) is 0 Å². The number of para-hydroxylation sites is 1. The zero-order valence-corrected chi connectivity index (χ0v) is 15.5. The van der Waals surface area contributed by atoms with Gasteiger partial charge in [-0.25, -0.2) is 9.97 Å². The molecule has 0 aliphatic heterocycles. The molecule has 0 aliphatic rings. The van der Waals surface area contributed by atoms with Crippen LogP contribution in [-0.2, 0) is 0 Å². The van der Waals surface area contributed by atoms with Gasteiger partial charge in [0.2, 0.25) is 0 Å². The highest BCUT2D eigenvalue weighted by Crippen LogP contribution is 2.39. The standard InChI is InChI=1S/C20H12N4OS2/c25-18-15-14(11-6-2-1-3-7-11)16(19(26)24-17(15)21-10-22-18)20-23-12-8-4-5-9-13(12)27-20/h1-10H,(H2,21,22,24,25,26). The van der Waals surface area contributed by atoms with Crippen molar-refractivity contribution in [3.8, 4) is 21.7 Å². The van der Waals surface area contributed by atoms with Crippen LogP contribution in [0.25, 0.3) is 42.9 Å². The van der Waals surface area contributed by atoms with E-state index in [1.54, 1.807) is 11.3 Å². The number of pyridine rings is 1. The van der Waals surface area contributed by atoms with Gasteiger partial charge in [0, 0.05) is 5.56 Å². The van der Waals surface area contributed by atoms with E-state index in [1.807, 2.05) is 54.6 Å². The van der Waals surface area contributed by atoms with Crippen molar-refractivity contribution in [1.82, 2.24) is 19.9 Å². The minimum Gasteiger partial charge on any atom is -0.330 e. The van der Waals surface area contributed by atoms with E-state index in [4.69, 9.17) is 17.2 Å². The number of thiazole rings is 1. The Morgan fingerprint density at radius 3 is 2.56 bits per heavy atom. The highest BCUT2D eigenvalue weighted by molar-refractivity contribution is 7.71. The number of nitrogens with one attached hydrogen (secondary N) is 2. The normalized spacial score (nSPS) is 11.3. The van der Waals surface area contributed by atoms with Crippen LogP contribution in [0.15, 0.2) is 65.7 Å². The first kappa shape index (κ1) is 16.0. The Labute approximate surface area is 162 Å². The van der Waals surface area contributed by atoms with E-state index in [-0.39, 0.29) is 5.56 Å². The molecule has 0 radical (unpaired) electrons. The summed E-state index contributed by atoms with van der Waals surface area (Å²) in [5.74, 6) is 0. The van der Waals surface area contributed by atoms with Gasteiger partial charge >= 0.3 is 0 Å². The van der Waals surface area contributed by atoms with E-state index in [9.17, 15) is 4.79 Å². The minimum absolute atomic E-state index is 0.215. The van der Waals surface area contributed by atoms with Crippen molar-refractivity contribution in [2.45, 2.75) is 0 Å². The Hall–Kier alpha value is -3.16. The smallest absolute Gasteiger partial charge is 0.260 e. The predicted molar refractivity (Wildman–Crippen MR) is 112 cm³/mol. The molecular formula is C20H12N4OS2. The molecule has 27 heavy (non-hydrogen) atoms. The summed E-state index contributed by atoms with van der Waals surface area (Å²) in [7, 11) is 0. The SMILES string of the molecule is O=c1[nH]cnc2[nH]c(=S)c(-c3nc4ccccc4s3)c(-c3ccccc3)c12. The highest BCUT2D eigenvalue weighted by atomic mass is 32.1. The lowest BCUT2D eigenvalue weighted by molar-refractivity contribution is 1.14. The van der Waals surface area contributed by atoms with Gasteiger partial charge in [-0.3, -0.25) is 4.79 Å². The second-order valence-electron chi connectivity index (χ2n) is 6.01. The molecule has 5 nitrogen and oxygen atoms in total. The molecule has 3 heterocycles. The van der Waals surface area contributed by atoms with Crippen LogP contribution in [0.2, 0.25) is 0 Å². The molecule has 2 aromatic carbocycles. The summed E-state index contributed by atoms with van der Waals surface area (Å²) in [5.41, 5.74) is 3.56. The minimum atomic E-state index is -0.215. The first-order valence-electron chi connectivity index (χ1n) is 8.27. The summed E-state index contributed by atoms with van der Waals surface area (Å²) >= 11 is 7.21. The van der Waals surface area contributed by atoms with E-state index >= 15 is 0 Å². The van der Waals surface area contributed by atoms with E-state index < -0.39 is 0 Å². The summed E-state index contributed by atoms with van der Waals surface area (Å²) in [6.07, 6.45) is 1.38. The molecule has 0 fully saturated rings. The molecule has 0 aliphatic carbocycles. The number of hydrogen-bond donors (Lipinski definition) is 2. The topological polar surface area (TPSA) is 74.4 Å². The fourth-order valence-electron chi connectivity index (χ4n) is 3.21. The second-order valence-corrected chi connectivity index (χ2v) is 7.45. The van der Waals surface area contributed by atoms with Crippen LogP contribution >= 0.6 is 23.6 Å². The van der Waals surface area contributed by atoms with Crippen molar-refractivity contribution in [3.05, 3.63) is 75.9 Å². The summed E-state index contributed by atoms with van der Waals surface area (Å²) < 4.78 is 1.58. The molecule has 0 atom stereocenters. The first-order chi connectivity index (χ1) is 13.2. The molecule has 0 unspecified atom stereocenters. The number of nitrogens with zero attached hydrogens (tertiary/aromatic N) is 2. The van der Waals surface area contributed by atoms with Crippen LogP contribution in [0.1, 0.15) is 0 Å². The Bertz CT molecular complexity index is 1380. The molecule has 0 bridgehead atoms. The molecule has 0 amide bonds. The molecule has 5 rings (SSSR count). The quantitative estimate of drug-likeness (QED) is 0.421. The maximum Gasteiger partial charge on any atom is 0.260 e. The predicted octanol–water partition coefficient (Wildman–Crippen LogP) is 4.92. The van der Waals surface area contributed by atoms with Gasteiger partial charge in [-0.05, 0) is 17.7 Å². The molecule has 130 valence electrons. The Morgan fingerprint density at radius 1 is 0.963 bits per heavy atom. The largest absolute Gasteiger partial charge is 0.330 e. The zero-order valence-electron chi connectivity index (χ0n) is 13.9. The Morgan fingerprint density at radius 2 is 1.74 bits per heavy atom. The summed E-state index contributed by atoms with van der Waals surface area (Å²) in [4.78, 5) is 27.5. The number of aromatic amines is 2. The van der Waals surface area contributed by atoms with Gasteiger partial charge in [0.25, 0.3) is 5.56 Å². The molecular weight excluding hydrogens is 376 g/mol. The van der Waals surface area contributed by atoms with Gasteiger partial charge in [0.05, 0.1) is 27.5 Å². The van der Waals surface area contributed by atoms with E-state index in [0.29, 0.717) is 15.7 Å². The van der Waals surface area contributed by atoms with Gasteiger partial charge in [-0.15, -0.1) is 11.3 Å². The van der Waals surface area contributed by atoms with Crippen LogP contribution in [0, 0.1) is 4.64 Å². The highest BCUT2D eigenvalue weighted by Gasteiger charge is 2.20. The van der Waals surface area contributed by atoms with Gasteiger partial charge in [-0.2, -0.15) is 0 Å². The number of rotatable bonds is 2. The lowest BCUT2D eigenvalue weighted by Crippen LogP contribution is -2.10. The molecule has 7 heteroatoms. The molecule has 2 N–H and O–H groups in total.